The Labute approximate surface area is 153 Å². The lowest BCUT2D eigenvalue weighted by Crippen LogP contribution is -2.12. The largest absolute Gasteiger partial charge is 0.341 e. The Morgan fingerprint density at radius 3 is 2.96 bits per heavy atom. The highest BCUT2D eigenvalue weighted by Crippen LogP contribution is 2.24. The first-order valence-corrected chi connectivity index (χ1v) is 9.21. The number of benzene rings is 1. The first kappa shape index (κ1) is 18.2. The molecule has 0 aliphatic carbocycles. The fourth-order valence-corrected chi connectivity index (χ4v) is 3.00. The van der Waals surface area contributed by atoms with Crippen molar-refractivity contribution in [2.24, 2.45) is 5.73 Å². The Balaban J connectivity index is 1.57. The van der Waals surface area contributed by atoms with Crippen LogP contribution in [0.4, 0.5) is 0 Å². The van der Waals surface area contributed by atoms with E-state index < -0.39 is 0 Å². The number of ketones is 1. The number of Topliss-reactive ketones (excluding diaryl/α,β-unsaturated/α-hetero) is 1. The van der Waals surface area contributed by atoms with Gasteiger partial charge in [0.25, 0.3) is 0 Å². The molecule has 3 N–H and O–H groups in total. The lowest BCUT2D eigenvalue weighted by molar-refractivity contribution is -0.118. The van der Waals surface area contributed by atoms with E-state index in [0.29, 0.717) is 18.6 Å². The summed E-state index contributed by atoms with van der Waals surface area (Å²) in [6.07, 6.45) is 8.67. The molecule has 2 aromatic heterocycles. The normalized spacial score (nSPS) is 12.4. The van der Waals surface area contributed by atoms with Crippen LogP contribution in [0.3, 0.4) is 0 Å². The molecule has 0 spiro atoms. The van der Waals surface area contributed by atoms with Crippen molar-refractivity contribution in [1.29, 1.82) is 0 Å². The minimum atomic E-state index is -0.114. The highest BCUT2D eigenvalue weighted by Gasteiger charge is 2.11. The number of imidazole rings is 1. The third-order valence-electron chi connectivity index (χ3n) is 4.64. The molecular weight excluding hydrogens is 326 g/mol. The predicted molar refractivity (Wildman–Crippen MR) is 102 cm³/mol. The summed E-state index contributed by atoms with van der Waals surface area (Å²) in [5.74, 6) is 1.14. The van der Waals surface area contributed by atoms with Crippen LogP contribution in [0, 0.1) is 0 Å². The summed E-state index contributed by atoms with van der Waals surface area (Å²) in [4.78, 5) is 19.1. The monoisotopic (exact) mass is 351 g/mol. The van der Waals surface area contributed by atoms with Crippen LogP contribution in [-0.2, 0) is 4.79 Å². The summed E-state index contributed by atoms with van der Waals surface area (Å²) >= 11 is 0. The van der Waals surface area contributed by atoms with Crippen LogP contribution in [0.25, 0.3) is 22.2 Å². The summed E-state index contributed by atoms with van der Waals surface area (Å²) in [5.41, 5.74) is 9.13. The first-order chi connectivity index (χ1) is 12.7. The molecule has 0 radical (unpaired) electrons. The number of nitrogens with two attached hydrogens (primary N) is 1. The lowest BCUT2D eigenvalue weighted by Gasteiger charge is -2.08. The van der Waals surface area contributed by atoms with Crippen LogP contribution in [0.5, 0.6) is 0 Å². The van der Waals surface area contributed by atoms with Gasteiger partial charge in [-0.15, -0.1) is 0 Å². The van der Waals surface area contributed by atoms with Crippen molar-refractivity contribution in [2.45, 2.75) is 51.5 Å². The summed E-state index contributed by atoms with van der Waals surface area (Å²) in [6, 6.07) is 7.85. The highest BCUT2D eigenvalue weighted by molar-refractivity contribution is 5.83. The number of carbonyl (C=O) groups excluding carboxylic acids is 1. The van der Waals surface area contributed by atoms with Crippen LogP contribution in [0.15, 0.2) is 36.7 Å². The second kappa shape index (κ2) is 8.67. The van der Waals surface area contributed by atoms with Gasteiger partial charge in [0.15, 0.2) is 0 Å². The standard InChI is InChI=1S/C20H25N5O/c1-2-16(26)6-4-3-5-7-17(21)20-22-13-19(24-20)14-8-9-18-15(12-14)10-11-23-25-18/h8-13,17H,2-7,21H2,1H3,(H,22,24)/t17-/m0/s1. The Hall–Kier alpha value is -2.60. The van der Waals surface area contributed by atoms with Gasteiger partial charge < -0.3 is 10.7 Å². The molecule has 0 bridgehead atoms. The van der Waals surface area contributed by atoms with Crippen LogP contribution in [-0.4, -0.2) is 25.9 Å². The van der Waals surface area contributed by atoms with E-state index in [1.54, 1.807) is 6.20 Å². The Kier molecular flexibility index (Phi) is 6.07. The molecule has 1 atom stereocenters. The van der Waals surface area contributed by atoms with E-state index in [4.69, 9.17) is 5.73 Å². The summed E-state index contributed by atoms with van der Waals surface area (Å²) in [7, 11) is 0. The van der Waals surface area contributed by atoms with E-state index in [9.17, 15) is 4.79 Å². The average Bonchev–Trinajstić information content (AvgIpc) is 3.17. The quantitative estimate of drug-likeness (QED) is 0.569. The van der Waals surface area contributed by atoms with Gasteiger partial charge in [-0.25, -0.2) is 4.98 Å². The van der Waals surface area contributed by atoms with E-state index >= 15 is 0 Å². The smallest absolute Gasteiger partial charge is 0.132 e. The van der Waals surface area contributed by atoms with Gasteiger partial charge in [-0.05, 0) is 31.0 Å². The molecule has 0 fully saturated rings. The third-order valence-corrected chi connectivity index (χ3v) is 4.64. The number of aromatic nitrogens is 4. The fourth-order valence-electron chi connectivity index (χ4n) is 3.00. The minimum Gasteiger partial charge on any atom is -0.341 e. The average molecular weight is 351 g/mol. The molecule has 0 aliphatic heterocycles. The lowest BCUT2D eigenvalue weighted by atomic mass is 10.1. The molecule has 6 heteroatoms. The maximum atomic E-state index is 11.3. The van der Waals surface area contributed by atoms with E-state index in [0.717, 1.165) is 53.7 Å². The first-order valence-electron chi connectivity index (χ1n) is 9.21. The van der Waals surface area contributed by atoms with Gasteiger partial charge in [-0.1, -0.05) is 25.8 Å². The molecule has 26 heavy (non-hydrogen) atoms. The molecule has 136 valence electrons. The maximum absolute atomic E-state index is 11.3. The summed E-state index contributed by atoms with van der Waals surface area (Å²) < 4.78 is 0. The number of hydrogen-bond acceptors (Lipinski definition) is 5. The zero-order chi connectivity index (χ0) is 18.4. The maximum Gasteiger partial charge on any atom is 0.132 e. The van der Waals surface area contributed by atoms with Crippen LogP contribution < -0.4 is 5.73 Å². The number of fused-ring (bicyclic) bond motifs is 1. The van der Waals surface area contributed by atoms with Gasteiger partial charge in [-0.3, -0.25) is 4.79 Å². The van der Waals surface area contributed by atoms with Crippen LogP contribution in [0.2, 0.25) is 0 Å². The van der Waals surface area contributed by atoms with E-state index in [1.165, 1.54) is 0 Å². The second-order valence-corrected chi connectivity index (χ2v) is 6.58. The Morgan fingerprint density at radius 1 is 1.23 bits per heavy atom. The molecule has 0 amide bonds. The molecule has 0 saturated carbocycles. The number of rotatable bonds is 9. The van der Waals surface area contributed by atoms with Crippen LogP contribution in [0.1, 0.15) is 57.3 Å². The molecule has 0 saturated heterocycles. The number of carbonyl (C=O) groups is 1. The molecular formula is C20H25N5O. The van der Waals surface area contributed by atoms with Crippen molar-refractivity contribution in [1.82, 2.24) is 20.2 Å². The van der Waals surface area contributed by atoms with Crippen molar-refractivity contribution >= 4 is 16.7 Å². The molecule has 3 aromatic rings. The van der Waals surface area contributed by atoms with Gasteiger partial charge in [0.2, 0.25) is 0 Å². The van der Waals surface area contributed by atoms with Gasteiger partial charge in [0, 0.05) is 23.8 Å². The SMILES string of the molecule is CCC(=O)CCCCC[C@H](N)c1ncc(-c2ccc3nnccc3c2)[nH]1. The second-order valence-electron chi connectivity index (χ2n) is 6.58. The molecule has 1 aromatic carbocycles. The van der Waals surface area contributed by atoms with Crippen LogP contribution >= 0.6 is 0 Å². The van der Waals surface area contributed by atoms with Crippen molar-refractivity contribution < 1.29 is 4.79 Å². The van der Waals surface area contributed by atoms with Gasteiger partial charge >= 0.3 is 0 Å². The van der Waals surface area contributed by atoms with Gasteiger partial charge in [0.05, 0.1) is 29.6 Å². The summed E-state index contributed by atoms with van der Waals surface area (Å²) in [6.45, 7) is 1.91. The Morgan fingerprint density at radius 2 is 2.12 bits per heavy atom. The molecule has 6 nitrogen and oxygen atoms in total. The number of H-pyrrole nitrogens is 1. The van der Waals surface area contributed by atoms with E-state index in [-0.39, 0.29) is 6.04 Å². The fraction of sp³-hybridized carbons (Fsp3) is 0.400. The number of unbranched alkanes of at least 4 members (excludes halogenated alkanes) is 2. The Bertz CT molecular complexity index is 873. The predicted octanol–water partition coefficient (Wildman–Crippen LogP) is 3.95. The van der Waals surface area contributed by atoms with E-state index in [1.807, 2.05) is 31.3 Å². The van der Waals surface area contributed by atoms with Crippen molar-refractivity contribution in [3.8, 4) is 11.3 Å². The topological polar surface area (TPSA) is 97.6 Å². The van der Waals surface area contributed by atoms with Crippen molar-refractivity contribution in [3.63, 3.8) is 0 Å². The van der Waals surface area contributed by atoms with Gasteiger partial charge in [0.1, 0.15) is 11.6 Å². The molecule has 0 aliphatic rings. The van der Waals surface area contributed by atoms with E-state index in [2.05, 4.69) is 26.2 Å². The summed E-state index contributed by atoms with van der Waals surface area (Å²) in [5, 5.41) is 9.03. The number of nitrogens with one attached hydrogen (secondary N) is 1. The van der Waals surface area contributed by atoms with Crippen molar-refractivity contribution in [3.05, 3.63) is 42.5 Å². The molecule has 2 heterocycles. The molecule has 3 rings (SSSR count). The third kappa shape index (κ3) is 4.52. The molecule has 0 unspecified atom stereocenters. The zero-order valence-corrected chi connectivity index (χ0v) is 15.1. The van der Waals surface area contributed by atoms with Crippen molar-refractivity contribution in [2.75, 3.05) is 0 Å². The highest BCUT2D eigenvalue weighted by atomic mass is 16.1. The van der Waals surface area contributed by atoms with Gasteiger partial charge in [-0.2, -0.15) is 10.2 Å². The minimum absolute atomic E-state index is 0.114. The number of nitrogens with zero attached hydrogens (tertiary/aromatic N) is 3. The zero-order valence-electron chi connectivity index (χ0n) is 15.1. The number of hydrogen-bond donors (Lipinski definition) is 2. The number of aromatic amines is 1.